The van der Waals surface area contributed by atoms with E-state index in [1.54, 1.807) is 12.1 Å². The molecule has 1 fully saturated rings. The third-order valence-corrected chi connectivity index (χ3v) is 2.82. The lowest BCUT2D eigenvalue weighted by Gasteiger charge is -2.17. The molecule has 3 amide bonds. The number of hydrogen-bond acceptors (Lipinski definition) is 5. The van der Waals surface area contributed by atoms with Gasteiger partial charge in [0.05, 0.1) is 26.9 Å². The smallest absolute Gasteiger partial charge is 0.322 e. The van der Waals surface area contributed by atoms with Crippen LogP contribution in [-0.4, -0.2) is 33.3 Å². The summed E-state index contributed by atoms with van der Waals surface area (Å²) in [7, 11) is 4.44. The number of imide groups is 1. The number of benzene rings is 1. The minimum Gasteiger partial charge on any atom is -0.496 e. The van der Waals surface area contributed by atoms with Crippen molar-refractivity contribution in [2.24, 2.45) is 0 Å². The molecule has 0 aromatic heterocycles. The first-order chi connectivity index (χ1) is 9.10. The van der Waals surface area contributed by atoms with Crippen LogP contribution < -0.4 is 24.8 Å². The van der Waals surface area contributed by atoms with Gasteiger partial charge >= 0.3 is 6.03 Å². The van der Waals surface area contributed by atoms with Crippen LogP contribution in [0.15, 0.2) is 12.1 Å². The molecule has 1 aliphatic rings. The summed E-state index contributed by atoms with van der Waals surface area (Å²) >= 11 is 0. The van der Waals surface area contributed by atoms with Gasteiger partial charge in [0.25, 0.3) is 5.91 Å². The van der Waals surface area contributed by atoms with Crippen LogP contribution in [-0.2, 0) is 4.79 Å². The van der Waals surface area contributed by atoms with Crippen molar-refractivity contribution in [3.63, 3.8) is 0 Å². The van der Waals surface area contributed by atoms with Gasteiger partial charge in [-0.3, -0.25) is 10.1 Å². The summed E-state index contributed by atoms with van der Waals surface area (Å²) in [6, 6.07) is 1.85. The zero-order valence-electron chi connectivity index (χ0n) is 10.8. The first kappa shape index (κ1) is 13.0. The van der Waals surface area contributed by atoms with Crippen LogP contribution in [0.2, 0.25) is 0 Å². The summed E-state index contributed by atoms with van der Waals surface area (Å²) in [5, 5.41) is 4.67. The molecule has 1 unspecified atom stereocenters. The third kappa shape index (κ3) is 2.26. The lowest BCUT2D eigenvalue weighted by molar-refractivity contribution is -0.120. The lowest BCUT2D eigenvalue weighted by Crippen LogP contribution is -2.22. The van der Waals surface area contributed by atoms with Crippen LogP contribution in [0.1, 0.15) is 11.6 Å². The molecule has 0 aliphatic carbocycles. The fourth-order valence-electron chi connectivity index (χ4n) is 1.94. The highest BCUT2D eigenvalue weighted by Gasteiger charge is 2.35. The van der Waals surface area contributed by atoms with Crippen LogP contribution in [0, 0.1) is 0 Å². The minimum atomic E-state index is -0.844. The monoisotopic (exact) mass is 266 g/mol. The molecule has 7 heteroatoms. The van der Waals surface area contributed by atoms with Crippen LogP contribution >= 0.6 is 0 Å². The molecule has 1 aliphatic heterocycles. The Hall–Kier alpha value is -2.44. The molecule has 1 aromatic carbocycles. The summed E-state index contributed by atoms with van der Waals surface area (Å²) in [4.78, 5) is 22.9. The normalized spacial score (nSPS) is 17.7. The molecule has 2 rings (SSSR count). The fourth-order valence-corrected chi connectivity index (χ4v) is 1.94. The van der Waals surface area contributed by atoms with Gasteiger partial charge in [-0.1, -0.05) is 0 Å². The first-order valence-electron chi connectivity index (χ1n) is 5.52. The Labute approximate surface area is 109 Å². The van der Waals surface area contributed by atoms with E-state index in [1.807, 2.05) is 0 Å². The standard InChI is InChI=1S/C12H14N2O5/c1-17-6-4-7(18-2)9(8(5-6)19-3)10-11(15)14-12(16)13-10/h4-5,10H,1-3H3,(H2,13,14,15,16). The van der Waals surface area contributed by atoms with E-state index in [4.69, 9.17) is 14.2 Å². The molecule has 102 valence electrons. The molecule has 2 N–H and O–H groups in total. The molecule has 1 atom stereocenters. The molecule has 1 heterocycles. The number of methoxy groups -OCH3 is 3. The van der Waals surface area contributed by atoms with E-state index >= 15 is 0 Å². The number of amides is 3. The summed E-state index contributed by atoms with van der Waals surface area (Å²) in [6.07, 6.45) is 0. The molecule has 0 spiro atoms. The molecule has 1 aromatic rings. The predicted octanol–water partition coefficient (Wildman–Crippen LogP) is 0.593. The Kier molecular flexibility index (Phi) is 3.46. The van der Waals surface area contributed by atoms with E-state index in [-0.39, 0.29) is 0 Å². The molecule has 1 saturated heterocycles. The Bertz CT molecular complexity index is 504. The highest BCUT2D eigenvalue weighted by atomic mass is 16.5. The van der Waals surface area contributed by atoms with Crippen LogP contribution in [0.5, 0.6) is 17.2 Å². The maximum Gasteiger partial charge on any atom is 0.322 e. The summed E-state index contributed by atoms with van der Waals surface area (Å²) in [5.74, 6) is 0.881. The van der Waals surface area contributed by atoms with Crippen molar-refractivity contribution in [3.05, 3.63) is 17.7 Å². The van der Waals surface area contributed by atoms with Gasteiger partial charge in [0.2, 0.25) is 0 Å². The third-order valence-electron chi connectivity index (χ3n) is 2.82. The van der Waals surface area contributed by atoms with Gasteiger partial charge in [-0.15, -0.1) is 0 Å². The van der Waals surface area contributed by atoms with Gasteiger partial charge in [0, 0.05) is 12.1 Å². The molecular weight excluding hydrogens is 252 g/mol. The number of urea groups is 1. The minimum absolute atomic E-state index is 0.401. The van der Waals surface area contributed by atoms with Crippen molar-refractivity contribution in [2.75, 3.05) is 21.3 Å². The van der Waals surface area contributed by atoms with Gasteiger partial charge in [-0.2, -0.15) is 0 Å². The molecule has 7 nitrogen and oxygen atoms in total. The Morgan fingerprint density at radius 1 is 1.00 bits per heavy atom. The fraction of sp³-hybridized carbons (Fsp3) is 0.333. The zero-order valence-corrected chi connectivity index (χ0v) is 10.8. The van der Waals surface area contributed by atoms with Crippen molar-refractivity contribution in [1.82, 2.24) is 10.6 Å². The second kappa shape index (κ2) is 5.05. The quantitative estimate of drug-likeness (QED) is 0.779. The SMILES string of the molecule is COc1cc(OC)c(C2NC(=O)NC2=O)c(OC)c1. The topological polar surface area (TPSA) is 85.9 Å². The van der Waals surface area contributed by atoms with Crippen molar-refractivity contribution in [3.8, 4) is 17.2 Å². The summed E-state index contributed by atoms with van der Waals surface area (Å²) in [6.45, 7) is 0. The number of ether oxygens (including phenoxy) is 3. The largest absolute Gasteiger partial charge is 0.496 e. The first-order valence-corrected chi connectivity index (χ1v) is 5.52. The van der Waals surface area contributed by atoms with Crippen molar-refractivity contribution in [2.45, 2.75) is 6.04 Å². The van der Waals surface area contributed by atoms with Crippen LogP contribution in [0.4, 0.5) is 4.79 Å². The maximum absolute atomic E-state index is 11.7. The van der Waals surface area contributed by atoms with Gasteiger partial charge in [0.15, 0.2) is 0 Å². The van der Waals surface area contributed by atoms with Crippen LogP contribution in [0.3, 0.4) is 0 Å². The number of carbonyl (C=O) groups is 2. The molecule has 0 radical (unpaired) electrons. The number of carbonyl (C=O) groups excluding carboxylic acids is 2. The van der Waals surface area contributed by atoms with Crippen molar-refractivity contribution >= 4 is 11.9 Å². The number of rotatable bonds is 4. The van der Waals surface area contributed by atoms with E-state index in [9.17, 15) is 9.59 Å². The van der Waals surface area contributed by atoms with Crippen molar-refractivity contribution < 1.29 is 23.8 Å². The summed E-state index contributed by atoms with van der Waals surface area (Å²) in [5.41, 5.74) is 0.453. The molecular formula is C12H14N2O5. The second-order valence-electron chi connectivity index (χ2n) is 3.84. The van der Waals surface area contributed by atoms with Gasteiger partial charge < -0.3 is 19.5 Å². The molecule has 0 saturated carbocycles. The molecule has 19 heavy (non-hydrogen) atoms. The van der Waals surface area contributed by atoms with Gasteiger partial charge in [-0.25, -0.2) is 4.79 Å². The van der Waals surface area contributed by atoms with E-state index in [0.29, 0.717) is 22.8 Å². The average molecular weight is 266 g/mol. The zero-order chi connectivity index (χ0) is 14.0. The highest BCUT2D eigenvalue weighted by Crippen LogP contribution is 2.39. The van der Waals surface area contributed by atoms with Crippen molar-refractivity contribution in [1.29, 1.82) is 0 Å². The van der Waals surface area contributed by atoms with E-state index in [1.165, 1.54) is 21.3 Å². The maximum atomic E-state index is 11.7. The molecule has 0 bridgehead atoms. The van der Waals surface area contributed by atoms with Gasteiger partial charge in [0.1, 0.15) is 23.3 Å². The number of nitrogens with one attached hydrogen (secondary N) is 2. The lowest BCUT2D eigenvalue weighted by atomic mass is 10.0. The number of hydrogen-bond donors (Lipinski definition) is 2. The highest BCUT2D eigenvalue weighted by molar-refractivity contribution is 6.05. The Morgan fingerprint density at radius 3 is 1.95 bits per heavy atom. The average Bonchev–Trinajstić information content (AvgIpc) is 2.75. The van der Waals surface area contributed by atoms with E-state index in [2.05, 4.69) is 10.6 Å². The van der Waals surface area contributed by atoms with E-state index < -0.39 is 18.0 Å². The van der Waals surface area contributed by atoms with Gasteiger partial charge in [-0.05, 0) is 0 Å². The summed E-state index contributed by atoms with van der Waals surface area (Å²) < 4.78 is 15.6. The second-order valence-corrected chi connectivity index (χ2v) is 3.84. The van der Waals surface area contributed by atoms with E-state index in [0.717, 1.165) is 0 Å². The Balaban J connectivity index is 2.54. The Morgan fingerprint density at radius 2 is 1.58 bits per heavy atom. The van der Waals surface area contributed by atoms with Crippen LogP contribution in [0.25, 0.3) is 0 Å². The predicted molar refractivity (Wildman–Crippen MR) is 65.5 cm³/mol.